The van der Waals surface area contributed by atoms with Gasteiger partial charge in [0.15, 0.2) is 0 Å². The van der Waals surface area contributed by atoms with Crippen molar-refractivity contribution in [1.82, 2.24) is 0 Å². The molecule has 0 N–H and O–H groups in total. The summed E-state index contributed by atoms with van der Waals surface area (Å²) >= 11 is 0. The zero-order valence-electron chi connectivity index (χ0n) is 9.60. The van der Waals surface area contributed by atoms with Gasteiger partial charge in [-0.25, -0.2) is 0 Å². The topological polar surface area (TPSA) is 9.23 Å². The Hall–Kier alpha value is -0.0400. The molecule has 0 heterocycles. The van der Waals surface area contributed by atoms with E-state index in [-0.39, 0.29) is 5.60 Å². The highest BCUT2D eigenvalue weighted by Gasteiger charge is 2.38. The highest BCUT2D eigenvalue weighted by atomic mass is 16.5. The summed E-state index contributed by atoms with van der Waals surface area (Å²) in [6.07, 6.45) is 5.35. The van der Waals surface area contributed by atoms with Crippen LogP contribution in [0.15, 0.2) is 0 Å². The SMILES string of the molecule is CCOC1(C)CCCCC1C(C)C. The lowest BCUT2D eigenvalue weighted by Gasteiger charge is -2.43. The third-order valence-electron chi connectivity index (χ3n) is 3.50. The van der Waals surface area contributed by atoms with E-state index in [1.54, 1.807) is 0 Å². The molecule has 0 saturated heterocycles. The third kappa shape index (κ3) is 2.46. The average molecular weight is 184 g/mol. The van der Waals surface area contributed by atoms with Gasteiger partial charge in [-0.1, -0.05) is 26.7 Å². The van der Waals surface area contributed by atoms with Gasteiger partial charge < -0.3 is 4.74 Å². The normalized spacial score (nSPS) is 35.3. The lowest BCUT2D eigenvalue weighted by atomic mass is 9.71. The summed E-state index contributed by atoms with van der Waals surface area (Å²) in [7, 11) is 0. The first-order chi connectivity index (χ1) is 6.10. The van der Waals surface area contributed by atoms with Crippen molar-refractivity contribution >= 4 is 0 Å². The van der Waals surface area contributed by atoms with Gasteiger partial charge in [0, 0.05) is 6.61 Å². The summed E-state index contributed by atoms with van der Waals surface area (Å²) in [6, 6.07) is 0. The van der Waals surface area contributed by atoms with Crippen molar-refractivity contribution in [2.75, 3.05) is 6.61 Å². The molecule has 0 aromatic heterocycles. The molecule has 0 radical (unpaired) electrons. The standard InChI is InChI=1S/C12H24O/c1-5-13-12(4)9-7-6-8-11(12)10(2)3/h10-11H,5-9H2,1-4H3. The van der Waals surface area contributed by atoms with Crippen molar-refractivity contribution in [3.05, 3.63) is 0 Å². The highest BCUT2D eigenvalue weighted by Crippen LogP contribution is 2.40. The van der Waals surface area contributed by atoms with Crippen molar-refractivity contribution in [3.8, 4) is 0 Å². The van der Waals surface area contributed by atoms with Gasteiger partial charge in [-0.15, -0.1) is 0 Å². The van der Waals surface area contributed by atoms with Gasteiger partial charge in [0.2, 0.25) is 0 Å². The molecule has 0 aromatic carbocycles. The second-order valence-corrected chi connectivity index (χ2v) is 4.84. The molecule has 1 fully saturated rings. The van der Waals surface area contributed by atoms with Crippen LogP contribution in [0.3, 0.4) is 0 Å². The fourth-order valence-corrected chi connectivity index (χ4v) is 2.88. The minimum atomic E-state index is 0.168. The van der Waals surface area contributed by atoms with Crippen LogP contribution in [0.5, 0.6) is 0 Å². The second kappa shape index (κ2) is 4.45. The lowest BCUT2D eigenvalue weighted by molar-refractivity contribution is -0.104. The highest BCUT2D eigenvalue weighted by molar-refractivity contribution is 4.89. The van der Waals surface area contributed by atoms with Crippen LogP contribution in [0, 0.1) is 11.8 Å². The first-order valence-electron chi connectivity index (χ1n) is 5.74. The predicted octanol–water partition coefficient (Wildman–Crippen LogP) is 3.63. The van der Waals surface area contributed by atoms with Crippen molar-refractivity contribution in [2.45, 2.75) is 59.0 Å². The van der Waals surface area contributed by atoms with Gasteiger partial charge in [-0.2, -0.15) is 0 Å². The predicted molar refractivity (Wildman–Crippen MR) is 56.8 cm³/mol. The van der Waals surface area contributed by atoms with Crippen LogP contribution >= 0.6 is 0 Å². The molecule has 1 nitrogen and oxygen atoms in total. The third-order valence-corrected chi connectivity index (χ3v) is 3.50. The molecule has 0 aromatic rings. The van der Waals surface area contributed by atoms with Crippen LogP contribution in [0.1, 0.15) is 53.4 Å². The molecule has 13 heavy (non-hydrogen) atoms. The first-order valence-corrected chi connectivity index (χ1v) is 5.74. The van der Waals surface area contributed by atoms with Crippen LogP contribution < -0.4 is 0 Å². The first kappa shape index (κ1) is 11.0. The van der Waals surface area contributed by atoms with Crippen molar-refractivity contribution in [1.29, 1.82) is 0 Å². The van der Waals surface area contributed by atoms with E-state index in [2.05, 4.69) is 27.7 Å². The lowest BCUT2D eigenvalue weighted by Crippen LogP contribution is -2.43. The van der Waals surface area contributed by atoms with Crippen LogP contribution in [-0.4, -0.2) is 12.2 Å². The summed E-state index contributed by atoms with van der Waals surface area (Å²) in [5.74, 6) is 1.53. The van der Waals surface area contributed by atoms with Crippen LogP contribution in [-0.2, 0) is 4.74 Å². The minimum Gasteiger partial charge on any atom is -0.375 e. The van der Waals surface area contributed by atoms with Gasteiger partial charge in [0.25, 0.3) is 0 Å². The van der Waals surface area contributed by atoms with Crippen LogP contribution in [0.2, 0.25) is 0 Å². The molecule has 1 aliphatic rings. The monoisotopic (exact) mass is 184 g/mol. The Morgan fingerprint density at radius 3 is 2.62 bits per heavy atom. The fraction of sp³-hybridized carbons (Fsp3) is 1.00. The number of hydrogen-bond acceptors (Lipinski definition) is 1. The maximum atomic E-state index is 5.94. The quantitative estimate of drug-likeness (QED) is 0.651. The second-order valence-electron chi connectivity index (χ2n) is 4.84. The molecule has 78 valence electrons. The smallest absolute Gasteiger partial charge is 0.0684 e. The summed E-state index contributed by atoms with van der Waals surface area (Å²) in [5, 5.41) is 0. The zero-order valence-corrected chi connectivity index (χ0v) is 9.60. The minimum absolute atomic E-state index is 0.168. The van der Waals surface area contributed by atoms with Gasteiger partial charge >= 0.3 is 0 Å². The van der Waals surface area contributed by atoms with E-state index in [1.165, 1.54) is 25.7 Å². The van der Waals surface area contributed by atoms with Crippen molar-refractivity contribution in [2.24, 2.45) is 11.8 Å². The van der Waals surface area contributed by atoms with E-state index in [0.29, 0.717) is 0 Å². The van der Waals surface area contributed by atoms with E-state index in [0.717, 1.165) is 18.4 Å². The average Bonchev–Trinajstić information content (AvgIpc) is 2.04. The van der Waals surface area contributed by atoms with E-state index in [1.807, 2.05) is 0 Å². The molecular weight excluding hydrogens is 160 g/mol. The van der Waals surface area contributed by atoms with Gasteiger partial charge in [-0.3, -0.25) is 0 Å². The Balaban J connectivity index is 2.65. The molecular formula is C12H24O. The van der Waals surface area contributed by atoms with Crippen molar-refractivity contribution in [3.63, 3.8) is 0 Å². The Bertz CT molecular complexity index is 149. The van der Waals surface area contributed by atoms with Crippen molar-refractivity contribution < 1.29 is 4.74 Å². The molecule has 1 rings (SSSR count). The Morgan fingerprint density at radius 2 is 2.08 bits per heavy atom. The fourth-order valence-electron chi connectivity index (χ4n) is 2.88. The summed E-state index contributed by atoms with van der Waals surface area (Å²) in [5.41, 5.74) is 0.168. The molecule has 1 saturated carbocycles. The molecule has 2 unspecified atom stereocenters. The molecule has 1 aliphatic carbocycles. The van der Waals surface area contributed by atoms with E-state index < -0.39 is 0 Å². The number of ether oxygens (including phenoxy) is 1. The maximum absolute atomic E-state index is 5.94. The van der Waals surface area contributed by atoms with E-state index >= 15 is 0 Å². The number of hydrogen-bond donors (Lipinski definition) is 0. The molecule has 0 amide bonds. The zero-order chi connectivity index (χ0) is 9.90. The molecule has 0 bridgehead atoms. The summed E-state index contributed by atoms with van der Waals surface area (Å²) in [4.78, 5) is 0. The van der Waals surface area contributed by atoms with Crippen LogP contribution in [0.25, 0.3) is 0 Å². The van der Waals surface area contributed by atoms with E-state index in [4.69, 9.17) is 4.74 Å². The van der Waals surface area contributed by atoms with E-state index in [9.17, 15) is 0 Å². The Kier molecular flexibility index (Phi) is 3.78. The summed E-state index contributed by atoms with van der Waals surface area (Å²) in [6.45, 7) is 9.93. The van der Waals surface area contributed by atoms with Crippen LogP contribution in [0.4, 0.5) is 0 Å². The molecule has 0 aliphatic heterocycles. The van der Waals surface area contributed by atoms with Gasteiger partial charge in [-0.05, 0) is 38.5 Å². The molecule has 2 atom stereocenters. The Labute approximate surface area is 82.9 Å². The Morgan fingerprint density at radius 1 is 1.38 bits per heavy atom. The number of rotatable bonds is 3. The van der Waals surface area contributed by atoms with Gasteiger partial charge in [0.1, 0.15) is 0 Å². The maximum Gasteiger partial charge on any atom is 0.0684 e. The molecule has 1 heteroatoms. The molecule has 0 spiro atoms. The van der Waals surface area contributed by atoms with Gasteiger partial charge in [0.05, 0.1) is 5.60 Å². The largest absolute Gasteiger partial charge is 0.375 e. The summed E-state index contributed by atoms with van der Waals surface area (Å²) < 4.78 is 5.94.